The monoisotopic (exact) mass is 274 g/mol. The van der Waals surface area contributed by atoms with Crippen LogP contribution in [0.1, 0.15) is 23.5 Å². The number of amides is 1. The van der Waals surface area contributed by atoms with Crippen LogP contribution in [0.25, 0.3) is 0 Å². The normalized spacial score (nSPS) is 13.1. The van der Waals surface area contributed by atoms with E-state index in [-0.39, 0.29) is 0 Å². The summed E-state index contributed by atoms with van der Waals surface area (Å²) in [7, 11) is 0. The molecular formula is C14H14N2O2S. The zero-order valence-electron chi connectivity index (χ0n) is 10.4. The Balaban J connectivity index is 2.00. The van der Waals surface area contributed by atoms with Crippen LogP contribution in [0.2, 0.25) is 0 Å². The molecule has 98 valence electrons. The maximum Gasteiger partial charge on any atom is 0.273 e. The fourth-order valence-electron chi connectivity index (χ4n) is 1.53. The molecule has 0 aliphatic rings. The van der Waals surface area contributed by atoms with Gasteiger partial charge in [0.2, 0.25) is 0 Å². The number of hydrogen-bond donors (Lipinski definition) is 2. The second-order valence-corrected chi connectivity index (χ2v) is 4.91. The maximum atomic E-state index is 11.8. The van der Waals surface area contributed by atoms with Gasteiger partial charge in [0.15, 0.2) is 6.10 Å². The number of hydrazone groups is 1. The molecule has 4 nitrogen and oxygen atoms in total. The zero-order valence-corrected chi connectivity index (χ0v) is 11.2. The van der Waals surface area contributed by atoms with Gasteiger partial charge in [-0.05, 0) is 23.9 Å². The van der Waals surface area contributed by atoms with Crippen molar-refractivity contribution in [2.45, 2.75) is 13.0 Å². The molecule has 0 saturated heterocycles. The molecule has 0 spiro atoms. The topological polar surface area (TPSA) is 61.7 Å². The first kappa shape index (κ1) is 13.5. The fourth-order valence-corrected chi connectivity index (χ4v) is 2.20. The first-order valence-electron chi connectivity index (χ1n) is 5.79. The van der Waals surface area contributed by atoms with Crippen molar-refractivity contribution in [3.63, 3.8) is 0 Å². The number of nitrogens with zero attached hydrogens (tertiary/aromatic N) is 1. The number of benzene rings is 1. The van der Waals surface area contributed by atoms with Gasteiger partial charge in [-0.25, -0.2) is 5.43 Å². The van der Waals surface area contributed by atoms with E-state index in [4.69, 9.17) is 0 Å². The highest BCUT2D eigenvalue weighted by atomic mass is 32.1. The largest absolute Gasteiger partial charge is 0.378 e. The van der Waals surface area contributed by atoms with Crippen LogP contribution in [-0.2, 0) is 4.79 Å². The predicted molar refractivity (Wildman–Crippen MR) is 76.1 cm³/mol. The molecule has 1 aromatic heterocycles. The Bertz CT molecular complexity index is 564. The summed E-state index contributed by atoms with van der Waals surface area (Å²) in [6, 6.07) is 12.6. The van der Waals surface area contributed by atoms with Gasteiger partial charge in [-0.15, -0.1) is 11.3 Å². The van der Waals surface area contributed by atoms with Gasteiger partial charge in [0, 0.05) is 4.88 Å². The van der Waals surface area contributed by atoms with Crippen molar-refractivity contribution in [2.75, 3.05) is 0 Å². The molecule has 0 bridgehead atoms. The molecule has 2 rings (SSSR count). The SMILES string of the molecule is C/C(=N/NC(=O)[C@@H](O)c1ccccc1)c1cccs1. The number of aliphatic hydroxyl groups excluding tert-OH is 1. The summed E-state index contributed by atoms with van der Waals surface area (Å²) in [6.45, 7) is 1.81. The highest BCUT2D eigenvalue weighted by Crippen LogP contribution is 2.12. The lowest BCUT2D eigenvalue weighted by Crippen LogP contribution is -2.26. The molecule has 0 saturated carbocycles. The molecule has 5 heteroatoms. The highest BCUT2D eigenvalue weighted by Gasteiger charge is 2.16. The van der Waals surface area contributed by atoms with Crippen LogP contribution in [0.15, 0.2) is 52.9 Å². The summed E-state index contributed by atoms with van der Waals surface area (Å²) in [5.41, 5.74) is 3.63. The van der Waals surface area contributed by atoms with E-state index >= 15 is 0 Å². The second kappa shape index (κ2) is 6.26. The Kier molecular flexibility index (Phi) is 4.43. The van der Waals surface area contributed by atoms with Gasteiger partial charge in [0.25, 0.3) is 5.91 Å². The van der Waals surface area contributed by atoms with Crippen molar-refractivity contribution < 1.29 is 9.90 Å². The van der Waals surface area contributed by atoms with Crippen molar-refractivity contribution in [1.82, 2.24) is 5.43 Å². The lowest BCUT2D eigenvalue weighted by Gasteiger charge is -2.09. The number of carbonyl (C=O) groups excluding carboxylic acids is 1. The predicted octanol–water partition coefficient (Wildman–Crippen LogP) is 2.32. The van der Waals surface area contributed by atoms with E-state index in [2.05, 4.69) is 10.5 Å². The van der Waals surface area contributed by atoms with E-state index < -0.39 is 12.0 Å². The standard InChI is InChI=1S/C14H14N2O2S/c1-10(12-8-5-9-19-12)15-16-14(18)13(17)11-6-3-2-4-7-11/h2-9,13,17H,1H3,(H,16,18)/b15-10-/t13-/m0/s1. The van der Waals surface area contributed by atoms with Crippen LogP contribution < -0.4 is 5.43 Å². The van der Waals surface area contributed by atoms with E-state index in [1.807, 2.05) is 23.6 Å². The number of rotatable bonds is 4. The summed E-state index contributed by atoms with van der Waals surface area (Å²) >= 11 is 1.54. The highest BCUT2D eigenvalue weighted by molar-refractivity contribution is 7.12. The molecular weight excluding hydrogens is 260 g/mol. The van der Waals surface area contributed by atoms with Gasteiger partial charge >= 0.3 is 0 Å². The lowest BCUT2D eigenvalue weighted by atomic mass is 10.1. The minimum absolute atomic E-state index is 0.540. The average molecular weight is 274 g/mol. The van der Waals surface area contributed by atoms with Crippen molar-refractivity contribution in [3.05, 3.63) is 58.3 Å². The number of nitrogens with one attached hydrogen (secondary N) is 1. The molecule has 0 aliphatic heterocycles. The smallest absolute Gasteiger partial charge is 0.273 e. The van der Waals surface area contributed by atoms with Crippen molar-refractivity contribution in [1.29, 1.82) is 0 Å². The molecule has 0 aliphatic carbocycles. The lowest BCUT2D eigenvalue weighted by molar-refractivity contribution is -0.129. The number of hydrogen-bond acceptors (Lipinski definition) is 4. The van der Waals surface area contributed by atoms with Gasteiger partial charge in [-0.1, -0.05) is 36.4 Å². The van der Waals surface area contributed by atoms with Gasteiger partial charge < -0.3 is 5.11 Å². The molecule has 1 aromatic carbocycles. The molecule has 2 aromatic rings. The van der Waals surface area contributed by atoms with Gasteiger partial charge in [0.05, 0.1) is 5.71 Å². The van der Waals surface area contributed by atoms with Gasteiger partial charge in [0.1, 0.15) is 0 Å². The van der Waals surface area contributed by atoms with Crippen LogP contribution in [0.3, 0.4) is 0 Å². The Hall–Kier alpha value is -1.98. The molecule has 1 amide bonds. The van der Waals surface area contributed by atoms with E-state index in [9.17, 15) is 9.90 Å². The average Bonchev–Trinajstić information content (AvgIpc) is 2.98. The van der Waals surface area contributed by atoms with Crippen LogP contribution >= 0.6 is 11.3 Å². The Morgan fingerprint density at radius 2 is 2.00 bits per heavy atom. The third-order valence-corrected chi connectivity index (χ3v) is 3.55. The molecule has 0 unspecified atom stereocenters. The first-order chi connectivity index (χ1) is 9.18. The number of aliphatic hydroxyl groups is 1. The quantitative estimate of drug-likeness (QED) is 0.664. The Labute approximate surface area is 115 Å². The number of carbonyl (C=O) groups is 1. The number of thiophene rings is 1. The van der Waals surface area contributed by atoms with Gasteiger partial charge in [-0.2, -0.15) is 5.10 Å². The second-order valence-electron chi connectivity index (χ2n) is 3.96. The van der Waals surface area contributed by atoms with Gasteiger partial charge in [-0.3, -0.25) is 4.79 Å². The third-order valence-electron chi connectivity index (χ3n) is 2.58. The van der Waals surface area contributed by atoms with E-state index in [0.29, 0.717) is 11.3 Å². The molecule has 19 heavy (non-hydrogen) atoms. The van der Waals surface area contributed by atoms with Crippen molar-refractivity contribution >= 4 is 23.0 Å². The molecule has 1 atom stereocenters. The fraction of sp³-hybridized carbons (Fsp3) is 0.143. The summed E-state index contributed by atoms with van der Waals surface area (Å²) in [5.74, 6) is -0.540. The molecule has 1 heterocycles. The van der Waals surface area contributed by atoms with E-state index in [0.717, 1.165) is 4.88 Å². The Morgan fingerprint density at radius 1 is 1.26 bits per heavy atom. The maximum absolute atomic E-state index is 11.8. The van der Waals surface area contributed by atoms with Crippen molar-refractivity contribution in [3.8, 4) is 0 Å². The summed E-state index contributed by atoms with van der Waals surface area (Å²) in [6.07, 6.45) is -1.21. The first-order valence-corrected chi connectivity index (χ1v) is 6.67. The minimum Gasteiger partial charge on any atom is -0.378 e. The van der Waals surface area contributed by atoms with Crippen LogP contribution in [0, 0.1) is 0 Å². The van der Waals surface area contributed by atoms with E-state index in [1.165, 1.54) is 0 Å². The Morgan fingerprint density at radius 3 is 2.63 bits per heavy atom. The van der Waals surface area contributed by atoms with E-state index in [1.54, 1.807) is 42.5 Å². The van der Waals surface area contributed by atoms with Crippen LogP contribution in [0.5, 0.6) is 0 Å². The molecule has 2 N–H and O–H groups in total. The summed E-state index contributed by atoms with van der Waals surface area (Å²) < 4.78 is 0. The minimum atomic E-state index is -1.21. The summed E-state index contributed by atoms with van der Waals surface area (Å²) in [5, 5.41) is 15.8. The van der Waals surface area contributed by atoms with Crippen LogP contribution in [-0.4, -0.2) is 16.7 Å². The molecule has 0 fully saturated rings. The zero-order chi connectivity index (χ0) is 13.7. The van der Waals surface area contributed by atoms with Crippen molar-refractivity contribution in [2.24, 2.45) is 5.10 Å². The molecule has 0 radical (unpaired) electrons. The van der Waals surface area contributed by atoms with Crippen LogP contribution in [0.4, 0.5) is 0 Å². The summed E-state index contributed by atoms with van der Waals surface area (Å²) in [4.78, 5) is 12.7. The third kappa shape index (κ3) is 3.49.